The third-order valence-corrected chi connectivity index (χ3v) is 8.05. The van der Waals surface area contributed by atoms with Gasteiger partial charge in [0.1, 0.15) is 12.1 Å². The second-order valence-corrected chi connectivity index (χ2v) is 12.1. The number of benzene rings is 2. The lowest BCUT2D eigenvalue weighted by atomic mass is 10.0. The van der Waals surface area contributed by atoms with Crippen molar-refractivity contribution in [2.45, 2.75) is 52.2 Å². The van der Waals surface area contributed by atoms with Crippen LogP contribution < -0.4 is 35.5 Å². The van der Waals surface area contributed by atoms with Crippen LogP contribution >= 0.6 is 0 Å². The number of rotatable bonds is 4. The highest BCUT2D eigenvalue weighted by Crippen LogP contribution is 2.37. The van der Waals surface area contributed by atoms with Crippen LogP contribution in [-0.2, 0) is 20.9 Å². The predicted molar refractivity (Wildman–Crippen MR) is 184 cm³/mol. The quantitative estimate of drug-likeness (QED) is 0.321. The average molecular weight is 689 g/mol. The minimum absolute atomic E-state index is 0.0331. The van der Waals surface area contributed by atoms with Gasteiger partial charge in [-0.25, -0.2) is 0 Å². The van der Waals surface area contributed by atoms with Crippen LogP contribution in [0.3, 0.4) is 0 Å². The van der Waals surface area contributed by atoms with E-state index < -0.39 is 18.0 Å². The summed E-state index contributed by atoms with van der Waals surface area (Å²) >= 11 is 0. The zero-order chi connectivity index (χ0) is 36.2. The largest absolute Gasteiger partial charge is 0.493 e. The third kappa shape index (κ3) is 9.94. The molecule has 14 nitrogen and oxygen atoms in total. The Morgan fingerprint density at radius 1 is 0.920 bits per heavy atom. The van der Waals surface area contributed by atoms with E-state index in [-0.39, 0.29) is 62.1 Å². The van der Waals surface area contributed by atoms with Gasteiger partial charge in [0.05, 0.1) is 19.8 Å². The Bertz CT molecular complexity index is 1680. The molecule has 3 aliphatic rings. The van der Waals surface area contributed by atoms with E-state index in [4.69, 9.17) is 14.2 Å². The average Bonchev–Trinajstić information content (AvgIpc) is 3.11. The van der Waals surface area contributed by atoms with E-state index in [0.29, 0.717) is 40.5 Å². The topological polar surface area (TPSA) is 177 Å². The zero-order valence-electron chi connectivity index (χ0n) is 28.9. The van der Waals surface area contributed by atoms with Gasteiger partial charge in [0.25, 0.3) is 11.8 Å². The van der Waals surface area contributed by atoms with E-state index in [1.54, 1.807) is 54.7 Å². The summed E-state index contributed by atoms with van der Waals surface area (Å²) in [4.78, 5) is 71.1. The first-order valence-electron chi connectivity index (χ1n) is 16.4. The molecule has 50 heavy (non-hydrogen) atoms. The lowest BCUT2D eigenvalue weighted by Gasteiger charge is -2.24. The zero-order valence-corrected chi connectivity index (χ0v) is 28.9. The molecule has 266 valence electrons. The molecule has 5 amide bonds. The molecule has 1 aromatic heterocycles. The number of pyridine rings is 1. The highest BCUT2D eigenvalue weighted by atomic mass is 16.5. The molecule has 2 atom stereocenters. The highest BCUT2D eigenvalue weighted by molar-refractivity contribution is 5.96. The van der Waals surface area contributed by atoms with Crippen molar-refractivity contribution in [1.82, 2.24) is 31.2 Å². The fourth-order valence-corrected chi connectivity index (χ4v) is 5.23. The first-order chi connectivity index (χ1) is 24.0. The van der Waals surface area contributed by atoms with Crippen LogP contribution in [0.1, 0.15) is 59.9 Å². The molecule has 0 fully saturated rings. The van der Waals surface area contributed by atoms with Crippen LogP contribution in [0.4, 0.5) is 0 Å². The maximum Gasteiger partial charge on any atom is 0.255 e. The van der Waals surface area contributed by atoms with Crippen molar-refractivity contribution in [2.24, 2.45) is 5.92 Å². The Hall–Kier alpha value is -5.66. The number of nitrogens with one attached hydrogen (secondary N) is 4. The van der Waals surface area contributed by atoms with Crippen LogP contribution in [0.15, 0.2) is 60.9 Å². The minimum atomic E-state index is -0.914. The van der Waals surface area contributed by atoms with E-state index in [1.807, 2.05) is 13.8 Å². The Morgan fingerprint density at radius 3 is 2.32 bits per heavy atom. The molecule has 0 unspecified atom stereocenters. The first kappa shape index (κ1) is 37.2. The number of fused-ring (bicyclic) bond motifs is 2. The number of hydrogen-bond acceptors (Lipinski definition) is 9. The molecule has 0 aliphatic carbocycles. The molecular weight excluding hydrogens is 644 g/mol. The molecular formula is C36H44N6O8. The molecule has 6 rings (SSSR count). The van der Waals surface area contributed by atoms with Crippen LogP contribution in [-0.4, -0.2) is 85.4 Å². The Kier molecular flexibility index (Phi) is 13.1. The van der Waals surface area contributed by atoms with Gasteiger partial charge in [-0.3, -0.25) is 29.0 Å². The van der Waals surface area contributed by atoms with Crippen molar-refractivity contribution >= 4 is 29.5 Å². The van der Waals surface area contributed by atoms with Gasteiger partial charge >= 0.3 is 0 Å². The molecule has 4 heterocycles. The van der Waals surface area contributed by atoms with E-state index in [9.17, 15) is 24.0 Å². The SMILES string of the molecule is COc1cc2ccc1Oc1ccc(cc1OC)C(=O)NCCN(C(=O)c1cccnc1)CCCC(=O)N[C@H](C)C(=O)N[C@@H](C(C)C)C(=O)NC2. The molecule has 4 bridgehead atoms. The standard InChI is InChI=1S/C36H44N6O8/c1-22(2)32-35(46)39-20-24-10-12-27(29(18-24)48-4)50-28-13-11-25(19-30(28)49-5)34(45)38-15-17-42(36(47)26-8-6-14-37-21-26)16-7-9-31(43)40-23(3)33(44)41-32/h6,8,10-14,18-19,21-23,32H,7,9,15-17,20H2,1-5H3,(H,38,45)(H,39,46)(H,40,43)(H,41,44)/t23-,32+/m1/s1. The summed E-state index contributed by atoms with van der Waals surface area (Å²) in [5, 5.41) is 11.1. The van der Waals surface area contributed by atoms with Crippen LogP contribution in [0.25, 0.3) is 0 Å². The summed E-state index contributed by atoms with van der Waals surface area (Å²) in [5.74, 6) is -0.810. The fraction of sp³-hybridized carbons (Fsp3) is 0.389. The number of nitrogens with zero attached hydrogens (tertiary/aromatic N) is 2. The maximum atomic E-state index is 13.3. The number of carbonyl (C=O) groups excluding carboxylic acids is 5. The number of ether oxygens (including phenoxy) is 3. The molecule has 0 saturated heterocycles. The molecule has 3 aromatic rings. The minimum Gasteiger partial charge on any atom is -0.493 e. The molecule has 0 radical (unpaired) electrons. The van der Waals surface area contributed by atoms with Crippen molar-refractivity contribution in [3.8, 4) is 23.0 Å². The third-order valence-electron chi connectivity index (χ3n) is 8.05. The molecule has 0 spiro atoms. The highest BCUT2D eigenvalue weighted by Gasteiger charge is 2.27. The summed E-state index contributed by atoms with van der Waals surface area (Å²) in [6.07, 6.45) is 3.34. The smallest absolute Gasteiger partial charge is 0.255 e. The van der Waals surface area contributed by atoms with Crippen molar-refractivity contribution in [1.29, 1.82) is 0 Å². The summed E-state index contributed by atoms with van der Waals surface area (Å²) in [6, 6.07) is 11.4. The summed E-state index contributed by atoms with van der Waals surface area (Å²) in [6.45, 7) is 5.80. The van der Waals surface area contributed by atoms with Gasteiger partial charge in [0.15, 0.2) is 23.0 Å². The molecule has 3 aliphatic heterocycles. The molecule has 0 saturated carbocycles. The normalized spacial score (nSPS) is 18.4. The Labute approximate surface area is 291 Å². The fourth-order valence-electron chi connectivity index (χ4n) is 5.23. The van der Waals surface area contributed by atoms with E-state index in [0.717, 1.165) is 5.56 Å². The predicted octanol–water partition coefficient (Wildman–Crippen LogP) is 2.82. The van der Waals surface area contributed by atoms with Gasteiger partial charge < -0.3 is 40.4 Å². The van der Waals surface area contributed by atoms with E-state index in [1.165, 1.54) is 32.2 Å². The van der Waals surface area contributed by atoms with E-state index in [2.05, 4.69) is 26.3 Å². The Balaban J connectivity index is 1.60. The monoisotopic (exact) mass is 688 g/mol. The van der Waals surface area contributed by atoms with Crippen molar-refractivity contribution < 1.29 is 38.2 Å². The number of carbonyl (C=O) groups is 5. The van der Waals surface area contributed by atoms with Gasteiger partial charge in [0.2, 0.25) is 17.7 Å². The van der Waals surface area contributed by atoms with Gasteiger partial charge in [-0.05, 0) is 67.3 Å². The maximum absolute atomic E-state index is 13.3. The lowest BCUT2D eigenvalue weighted by Crippen LogP contribution is -2.54. The number of methoxy groups -OCH3 is 2. The van der Waals surface area contributed by atoms with Crippen LogP contribution in [0, 0.1) is 5.92 Å². The van der Waals surface area contributed by atoms with Crippen molar-refractivity contribution in [3.63, 3.8) is 0 Å². The van der Waals surface area contributed by atoms with Gasteiger partial charge in [-0.1, -0.05) is 19.9 Å². The summed E-state index contributed by atoms with van der Waals surface area (Å²) in [5.41, 5.74) is 1.40. The Morgan fingerprint density at radius 2 is 1.64 bits per heavy atom. The second kappa shape index (κ2) is 17.7. The van der Waals surface area contributed by atoms with Crippen LogP contribution in [0.5, 0.6) is 23.0 Å². The first-order valence-corrected chi connectivity index (χ1v) is 16.4. The summed E-state index contributed by atoms with van der Waals surface area (Å²) < 4.78 is 17.2. The number of hydrogen-bond donors (Lipinski definition) is 4. The van der Waals surface area contributed by atoms with Crippen LogP contribution in [0.2, 0.25) is 0 Å². The van der Waals surface area contributed by atoms with E-state index >= 15 is 0 Å². The van der Waals surface area contributed by atoms with Crippen molar-refractivity contribution in [2.75, 3.05) is 33.9 Å². The lowest BCUT2D eigenvalue weighted by molar-refractivity contribution is -0.132. The number of aromatic nitrogens is 1. The summed E-state index contributed by atoms with van der Waals surface area (Å²) in [7, 11) is 2.95. The van der Waals surface area contributed by atoms with Gasteiger partial charge in [-0.15, -0.1) is 0 Å². The second-order valence-electron chi connectivity index (χ2n) is 12.1. The molecule has 14 heteroatoms. The number of amides is 5. The van der Waals surface area contributed by atoms with Crippen molar-refractivity contribution in [3.05, 3.63) is 77.6 Å². The van der Waals surface area contributed by atoms with Gasteiger partial charge in [0, 0.05) is 50.6 Å². The van der Waals surface area contributed by atoms with Gasteiger partial charge in [-0.2, -0.15) is 0 Å². The molecule has 4 N–H and O–H groups in total. The molecule has 2 aromatic carbocycles.